The Morgan fingerprint density at radius 2 is 1.46 bits per heavy atom. The Morgan fingerprint density at radius 1 is 0.964 bits per heavy atom. The fraction of sp³-hybridized carbons (Fsp3) is 0.421. The van der Waals surface area contributed by atoms with Crippen molar-refractivity contribution in [2.45, 2.75) is 26.4 Å². The Balaban J connectivity index is 2.64. The van der Waals surface area contributed by atoms with E-state index < -0.39 is 20.4 Å². The molecule has 1 rings (SSSR count). The lowest BCUT2D eigenvalue weighted by atomic mass is 9.93. The lowest BCUT2D eigenvalue weighted by molar-refractivity contribution is -0.139. The first-order chi connectivity index (χ1) is 13.2. The molecule has 9 heteroatoms. The summed E-state index contributed by atoms with van der Waals surface area (Å²) in [5.41, 5.74) is 0.454. The van der Waals surface area contributed by atoms with Gasteiger partial charge in [-0.2, -0.15) is 21.0 Å². The maximum Gasteiger partial charge on any atom is 0.333 e. The van der Waals surface area contributed by atoms with Crippen LogP contribution in [0.1, 0.15) is 13.3 Å². The smallest absolute Gasteiger partial charge is 0.333 e. The summed E-state index contributed by atoms with van der Waals surface area (Å²) < 4.78 is 16.4. The molecule has 28 heavy (non-hydrogen) atoms. The Labute approximate surface area is 165 Å². The van der Waals surface area contributed by atoms with Gasteiger partial charge in [0.15, 0.2) is 0 Å². The van der Waals surface area contributed by atoms with Crippen molar-refractivity contribution in [3.63, 3.8) is 0 Å². The topological polar surface area (TPSA) is 140 Å². The van der Waals surface area contributed by atoms with Gasteiger partial charge >= 0.3 is 14.5 Å². The maximum atomic E-state index is 11.3. The van der Waals surface area contributed by atoms with Crippen LogP contribution in [0.3, 0.4) is 0 Å². The maximum absolute atomic E-state index is 11.3. The summed E-state index contributed by atoms with van der Waals surface area (Å²) in [6.45, 7) is 9.09. The monoisotopic (exact) mass is 396 g/mol. The highest BCUT2D eigenvalue weighted by Crippen LogP contribution is 2.38. The van der Waals surface area contributed by atoms with E-state index in [4.69, 9.17) is 13.6 Å². The number of hydrogen-bond donors (Lipinski definition) is 0. The molecule has 0 fully saturated rings. The molecule has 0 aromatic rings. The van der Waals surface area contributed by atoms with Gasteiger partial charge in [-0.1, -0.05) is 6.58 Å². The molecule has 0 radical (unpaired) electrons. The zero-order valence-corrected chi connectivity index (χ0v) is 17.0. The van der Waals surface area contributed by atoms with Gasteiger partial charge in [0.1, 0.15) is 18.7 Å². The highest BCUT2D eigenvalue weighted by atomic mass is 28.4. The normalized spacial score (nSPS) is 14.1. The standard InChI is InChI=1S/C19H20N4O4Si/c1-13(2)19(24)25-7-8-27-28(3,4)26-6-5-14-15(9-20)17(11-22)18(12-23)16(14)10-21/h14H,1,5-8H2,2-4H3. The predicted octanol–water partition coefficient (Wildman–Crippen LogP) is 2.55. The summed E-state index contributed by atoms with van der Waals surface area (Å²) in [6.07, 6.45) is 0.270. The van der Waals surface area contributed by atoms with E-state index in [1.807, 2.05) is 37.4 Å². The van der Waals surface area contributed by atoms with E-state index in [1.54, 1.807) is 6.92 Å². The van der Waals surface area contributed by atoms with Crippen LogP contribution in [0.15, 0.2) is 34.4 Å². The molecule has 0 amide bonds. The van der Waals surface area contributed by atoms with Crippen LogP contribution in [0.4, 0.5) is 0 Å². The van der Waals surface area contributed by atoms with Gasteiger partial charge in [-0.15, -0.1) is 0 Å². The summed E-state index contributed by atoms with van der Waals surface area (Å²) in [5.74, 6) is -1.13. The summed E-state index contributed by atoms with van der Waals surface area (Å²) in [6, 6.07) is 7.55. The molecule has 0 atom stereocenters. The van der Waals surface area contributed by atoms with Crippen LogP contribution in [-0.2, 0) is 18.4 Å². The molecule has 0 bridgehead atoms. The third kappa shape index (κ3) is 5.64. The zero-order chi connectivity index (χ0) is 21.3. The van der Waals surface area contributed by atoms with Gasteiger partial charge < -0.3 is 13.6 Å². The summed E-state index contributed by atoms with van der Waals surface area (Å²) in [4.78, 5) is 11.3. The highest BCUT2D eigenvalue weighted by Gasteiger charge is 2.35. The van der Waals surface area contributed by atoms with Crippen molar-refractivity contribution in [1.29, 1.82) is 21.0 Å². The Morgan fingerprint density at radius 3 is 1.89 bits per heavy atom. The van der Waals surface area contributed by atoms with Crippen molar-refractivity contribution in [2.24, 2.45) is 5.92 Å². The Bertz CT molecular complexity index is 843. The quantitative estimate of drug-likeness (QED) is 0.251. The number of esters is 1. The molecule has 0 aliphatic heterocycles. The van der Waals surface area contributed by atoms with Crippen LogP contribution in [-0.4, -0.2) is 34.4 Å². The van der Waals surface area contributed by atoms with Crippen molar-refractivity contribution in [3.05, 3.63) is 34.4 Å². The minimum Gasteiger partial charge on any atom is -0.460 e. The van der Waals surface area contributed by atoms with E-state index in [-0.39, 0.29) is 48.5 Å². The minimum atomic E-state index is -2.53. The molecule has 0 spiro atoms. The van der Waals surface area contributed by atoms with E-state index in [1.165, 1.54) is 0 Å². The summed E-state index contributed by atoms with van der Waals surface area (Å²) in [5, 5.41) is 37.1. The first kappa shape index (κ1) is 22.8. The van der Waals surface area contributed by atoms with Crippen LogP contribution in [0.25, 0.3) is 0 Å². The van der Waals surface area contributed by atoms with Crippen LogP contribution < -0.4 is 0 Å². The van der Waals surface area contributed by atoms with Gasteiger partial charge in [0.05, 0.1) is 41.0 Å². The molecule has 1 aliphatic rings. The number of hydrogen-bond acceptors (Lipinski definition) is 8. The molecule has 0 aromatic heterocycles. The zero-order valence-electron chi connectivity index (χ0n) is 16.0. The van der Waals surface area contributed by atoms with Crippen molar-refractivity contribution in [3.8, 4) is 24.3 Å². The van der Waals surface area contributed by atoms with Gasteiger partial charge in [-0.25, -0.2) is 4.79 Å². The number of allylic oxidation sites excluding steroid dienone is 4. The number of ether oxygens (including phenoxy) is 1. The Hall–Kier alpha value is -3.21. The summed E-state index contributed by atoms with van der Waals surface area (Å²) >= 11 is 0. The van der Waals surface area contributed by atoms with Crippen molar-refractivity contribution in [2.75, 3.05) is 19.8 Å². The van der Waals surface area contributed by atoms with Crippen LogP contribution in [0.2, 0.25) is 13.1 Å². The van der Waals surface area contributed by atoms with Crippen LogP contribution >= 0.6 is 0 Å². The van der Waals surface area contributed by atoms with Crippen LogP contribution in [0.5, 0.6) is 0 Å². The van der Waals surface area contributed by atoms with E-state index in [0.29, 0.717) is 5.57 Å². The third-order valence-corrected chi connectivity index (χ3v) is 5.72. The number of carbonyl (C=O) groups excluding carboxylic acids is 1. The number of carbonyl (C=O) groups is 1. The van der Waals surface area contributed by atoms with E-state index in [0.717, 1.165) is 0 Å². The van der Waals surface area contributed by atoms with Crippen molar-refractivity contribution < 1.29 is 18.4 Å². The minimum absolute atomic E-state index is 0.0429. The van der Waals surface area contributed by atoms with Gasteiger partial charge in [0.25, 0.3) is 0 Å². The second-order valence-electron chi connectivity index (χ2n) is 6.38. The molecule has 0 saturated carbocycles. The molecule has 0 aromatic carbocycles. The summed E-state index contributed by atoms with van der Waals surface area (Å²) in [7, 11) is -2.53. The van der Waals surface area contributed by atoms with E-state index >= 15 is 0 Å². The fourth-order valence-electron chi connectivity index (χ4n) is 2.56. The van der Waals surface area contributed by atoms with Gasteiger partial charge in [-0.3, -0.25) is 0 Å². The number of nitriles is 4. The predicted molar refractivity (Wildman–Crippen MR) is 99.8 cm³/mol. The lowest BCUT2D eigenvalue weighted by Crippen LogP contribution is -2.37. The lowest BCUT2D eigenvalue weighted by Gasteiger charge is -2.23. The first-order valence-corrected chi connectivity index (χ1v) is 11.2. The SMILES string of the molecule is C=C(C)C(=O)OCCO[Si](C)(C)OCCC1C(C#N)=C(C#N)C(C#N)=C1C#N. The van der Waals surface area contributed by atoms with Crippen molar-refractivity contribution in [1.82, 2.24) is 0 Å². The second kappa shape index (κ2) is 10.2. The average Bonchev–Trinajstić information content (AvgIpc) is 2.96. The molecule has 0 N–H and O–H groups in total. The van der Waals surface area contributed by atoms with Gasteiger partial charge in [0, 0.05) is 18.1 Å². The highest BCUT2D eigenvalue weighted by molar-refractivity contribution is 6.64. The van der Waals surface area contributed by atoms with Crippen molar-refractivity contribution >= 4 is 14.5 Å². The van der Waals surface area contributed by atoms with E-state index in [9.17, 15) is 25.8 Å². The number of nitrogens with zero attached hydrogens (tertiary/aromatic N) is 4. The first-order valence-electron chi connectivity index (χ1n) is 8.42. The molecular weight excluding hydrogens is 376 g/mol. The largest absolute Gasteiger partial charge is 0.460 e. The average molecular weight is 396 g/mol. The van der Waals surface area contributed by atoms with Crippen LogP contribution in [0, 0.1) is 51.2 Å². The molecule has 0 saturated heterocycles. The van der Waals surface area contributed by atoms with Gasteiger partial charge in [-0.05, 0) is 26.4 Å². The second-order valence-corrected chi connectivity index (χ2v) is 9.76. The number of rotatable bonds is 9. The fourth-order valence-corrected chi connectivity index (χ4v) is 3.83. The molecule has 1 aliphatic carbocycles. The van der Waals surface area contributed by atoms with E-state index in [2.05, 4.69) is 6.58 Å². The molecule has 8 nitrogen and oxygen atoms in total. The third-order valence-electron chi connectivity index (χ3n) is 3.92. The Kier molecular flexibility index (Phi) is 8.32. The van der Waals surface area contributed by atoms with Gasteiger partial charge in [0.2, 0.25) is 0 Å². The molecular formula is C19H20N4O4Si. The molecule has 144 valence electrons. The molecule has 0 heterocycles. The molecule has 0 unspecified atom stereocenters.